The quantitative estimate of drug-likeness (QED) is 0.482. The van der Waals surface area contributed by atoms with Gasteiger partial charge in [0, 0.05) is 18.0 Å². The van der Waals surface area contributed by atoms with Crippen molar-refractivity contribution in [2.45, 2.75) is 31.8 Å². The van der Waals surface area contributed by atoms with Gasteiger partial charge in [-0.25, -0.2) is 4.79 Å². The van der Waals surface area contributed by atoms with Crippen LogP contribution in [0.4, 0.5) is 11.4 Å². The number of esters is 1. The summed E-state index contributed by atoms with van der Waals surface area (Å²) in [5, 5.41) is 0. The Labute approximate surface area is 112 Å². The Morgan fingerprint density at radius 3 is 2.68 bits per heavy atom. The zero-order valence-electron chi connectivity index (χ0n) is 10.9. The van der Waals surface area contributed by atoms with Gasteiger partial charge in [0.25, 0.3) is 0 Å². The molecule has 0 saturated carbocycles. The van der Waals surface area contributed by atoms with Crippen molar-refractivity contribution in [3.8, 4) is 0 Å². The molecule has 2 rings (SSSR count). The minimum absolute atomic E-state index is 0.335. The van der Waals surface area contributed by atoms with Crippen LogP contribution >= 0.6 is 0 Å². The van der Waals surface area contributed by atoms with Crippen molar-refractivity contribution in [2.24, 2.45) is 0 Å². The summed E-state index contributed by atoms with van der Waals surface area (Å²) in [7, 11) is 0. The summed E-state index contributed by atoms with van der Waals surface area (Å²) in [4.78, 5) is 11.8. The van der Waals surface area contributed by atoms with E-state index in [0.717, 1.165) is 32.3 Å². The molecule has 1 aliphatic heterocycles. The van der Waals surface area contributed by atoms with E-state index >= 15 is 0 Å². The second-order valence-corrected chi connectivity index (χ2v) is 4.80. The van der Waals surface area contributed by atoms with Crippen molar-refractivity contribution in [3.63, 3.8) is 0 Å². The summed E-state index contributed by atoms with van der Waals surface area (Å²) in [6.07, 6.45) is 4.33. The summed E-state index contributed by atoms with van der Waals surface area (Å²) in [6, 6.07) is 4.74. The van der Waals surface area contributed by atoms with E-state index in [1.54, 1.807) is 18.2 Å². The second-order valence-electron chi connectivity index (χ2n) is 4.80. The maximum Gasteiger partial charge on any atom is 0.338 e. The lowest BCUT2D eigenvalue weighted by atomic mass is 10.1. The first kappa shape index (κ1) is 13.7. The Kier molecular flexibility index (Phi) is 4.63. The Balaban J connectivity index is 1.74. The Hall–Kier alpha value is -1.75. The molecule has 0 aromatic heterocycles. The van der Waals surface area contributed by atoms with Crippen molar-refractivity contribution >= 4 is 17.3 Å². The van der Waals surface area contributed by atoms with E-state index in [0.29, 0.717) is 29.6 Å². The number of carbonyl (C=O) groups is 1. The van der Waals surface area contributed by atoms with Gasteiger partial charge in [-0.05, 0) is 43.9 Å². The number of carbonyl (C=O) groups excluding carboxylic acids is 1. The monoisotopic (exact) mass is 264 g/mol. The number of rotatable bonds is 5. The molecule has 1 aromatic rings. The third-order valence-corrected chi connectivity index (χ3v) is 3.14. The maximum atomic E-state index is 11.8. The van der Waals surface area contributed by atoms with Crippen molar-refractivity contribution in [2.75, 3.05) is 24.7 Å². The number of nitrogens with two attached hydrogens (primary N) is 2. The lowest BCUT2D eigenvalue weighted by Crippen LogP contribution is -2.10. The van der Waals surface area contributed by atoms with Crippen LogP contribution in [0.3, 0.4) is 0 Å². The van der Waals surface area contributed by atoms with E-state index in [-0.39, 0.29) is 5.97 Å². The average molecular weight is 264 g/mol. The van der Waals surface area contributed by atoms with E-state index in [9.17, 15) is 4.79 Å². The number of hydrogen-bond acceptors (Lipinski definition) is 5. The van der Waals surface area contributed by atoms with E-state index in [4.69, 9.17) is 20.9 Å². The molecule has 1 fully saturated rings. The Bertz CT molecular complexity index is 422. The predicted octanol–water partition coefficient (Wildman–Crippen LogP) is 1.97. The first-order valence-electron chi connectivity index (χ1n) is 6.60. The largest absolute Gasteiger partial charge is 0.462 e. The van der Waals surface area contributed by atoms with Gasteiger partial charge in [0.1, 0.15) is 0 Å². The molecule has 1 aromatic carbocycles. The fourth-order valence-electron chi connectivity index (χ4n) is 2.23. The lowest BCUT2D eigenvalue weighted by molar-refractivity contribution is 0.0461. The molecule has 1 unspecified atom stereocenters. The third kappa shape index (κ3) is 4.13. The van der Waals surface area contributed by atoms with Gasteiger partial charge < -0.3 is 20.9 Å². The van der Waals surface area contributed by atoms with Gasteiger partial charge in [0.2, 0.25) is 0 Å². The van der Waals surface area contributed by atoms with Gasteiger partial charge in [-0.1, -0.05) is 0 Å². The van der Waals surface area contributed by atoms with E-state index in [2.05, 4.69) is 0 Å². The van der Waals surface area contributed by atoms with Gasteiger partial charge in [-0.2, -0.15) is 0 Å². The number of hydrogen-bond donors (Lipinski definition) is 2. The van der Waals surface area contributed by atoms with Crippen LogP contribution in [-0.4, -0.2) is 25.3 Å². The van der Waals surface area contributed by atoms with Gasteiger partial charge in [-0.3, -0.25) is 0 Å². The van der Waals surface area contributed by atoms with Gasteiger partial charge in [0.15, 0.2) is 0 Å². The van der Waals surface area contributed by atoms with Crippen LogP contribution in [0.2, 0.25) is 0 Å². The van der Waals surface area contributed by atoms with Crippen LogP contribution in [0.15, 0.2) is 18.2 Å². The molecule has 1 saturated heterocycles. The zero-order valence-corrected chi connectivity index (χ0v) is 10.9. The highest BCUT2D eigenvalue weighted by Crippen LogP contribution is 2.17. The minimum atomic E-state index is -0.383. The lowest BCUT2D eigenvalue weighted by Gasteiger charge is -2.09. The predicted molar refractivity (Wildman–Crippen MR) is 73.8 cm³/mol. The molecular formula is C14H20N2O3. The first-order valence-corrected chi connectivity index (χ1v) is 6.60. The van der Waals surface area contributed by atoms with Crippen LogP contribution in [0.25, 0.3) is 0 Å². The zero-order chi connectivity index (χ0) is 13.7. The minimum Gasteiger partial charge on any atom is -0.462 e. The van der Waals surface area contributed by atoms with E-state index in [1.807, 2.05) is 0 Å². The molecule has 1 aliphatic rings. The highest BCUT2D eigenvalue weighted by molar-refractivity contribution is 5.91. The van der Waals surface area contributed by atoms with Gasteiger partial charge >= 0.3 is 5.97 Å². The van der Waals surface area contributed by atoms with Crippen molar-refractivity contribution in [1.82, 2.24) is 0 Å². The van der Waals surface area contributed by atoms with Crippen molar-refractivity contribution in [1.29, 1.82) is 0 Å². The fraction of sp³-hybridized carbons (Fsp3) is 0.500. The number of benzene rings is 1. The molecule has 5 nitrogen and oxygen atoms in total. The highest BCUT2D eigenvalue weighted by atomic mass is 16.5. The normalized spacial score (nSPS) is 18.4. The molecule has 1 atom stereocenters. The molecule has 0 spiro atoms. The van der Waals surface area contributed by atoms with E-state index in [1.165, 1.54) is 0 Å². The summed E-state index contributed by atoms with van der Waals surface area (Å²) >= 11 is 0. The molecular weight excluding hydrogens is 244 g/mol. The summed E-state index contributed by atoms with van der Waals surface area (Å²) in [6.45, 7) is 1.25. The van der Waals surface area contributed by atoms with Crippen LogP contribution in [0, 0.1) is 0 Å². The molecule has 0 bridgehead atoms. The second kappa shape index (κ2) is 6.43. The van der Waals surface area contributed by atoms with Crippen molar-refractivity contribution in [3.05, 3.63) is 23.8 Å². The topological polar surface area (TPSA) is 87.6 Å². The average Bonchev–Trinajstić information content (AvgIpc) is 2.86. The van der Waals surface area contributed by atoms with Gasteiger partial charge in [0.05, 0.1) is 18.3 Å². The molecule has 4 N–H and O–H groups in total. The first-order chi connectivity index (χ1) is 9.15. The Morgan fingerprint density at radius 2 is 2.05 bits per heavy atom. The smallest absolute Gasteiger partial charge is 0.338 e. The number of ether oxygens (including phenoxy) is 2. The summed E-state index contributed by atoms with van der Waals surface area (Å²) in [5.41, 5.74) is 12.6. The molecule has 0 amide bonds. The number of nitrogen functional groups attached to an aromatic ring is 2. The summed E-state index contributed by atoms with van der Waals surface area (Å²) < 4.78 is 10.7. The molecule has 0 radical (unpaired) electrons. The maximum absolute atomic E-state index is 11.8. The molecule has 1 heterocycles. The molecule has 104 valence electrons. The van der Waals surface area contributed by atoms with Crippen LogP contribution in [0.5, 0.6) is 0 Å². The SMILES string of the molecule is Nc1cc(N)cc(C(=O)OCCCC2CCCO2)c1. The van der Waals surface area contributed by atoms with Crippen LogP contribution < -0.4 is 11.5 Å². The third-order valence-electron chi connectivity index (χ3n) is 3.14. The van der Waals surface area contributed by atoms with Crippen LogP contribution in [-0.2, 0) is 9.47 Å². The van der Waals surface area contributed by atoms with Crippen molar-refractivity contribution < 1.29 is 14.3 Å². The van der Waals surface area contributed by atoms with Gasteiger partial charge in [-0.15, -0.1) is 0 Å². The summed E-state index contributed by atoms with van der Waals surface area (Å²) in [5.74, 6) is -0.383. The van der Waals surface area contributed by atoms with Crippen LogP contribution in [0.1, 0.15) is 36.0 Å². The molecule has 19 heavy (non-hydrogen) atoms. The Morgan fingerprint density at radius 1 is 1.32 bits per heavy atom. The van der Waals surface area contributed by atoms with E-state index < -0.39 is 0 Å². The molecule has 5 heteroatoms. The number of anilines is 2. The highest BCUT2D eigenvalue weighted by Gasteiger charge is 2.15. The standard InChI is InChI=1S/C14H20N2O3/c15-11-7-10(8-12(16)9-11)14(17)19-6-2-4-13-3-1-5-18-13/h7-9,13H,1-6,15-16H2. The molecule has 0 aliphatic carbocycles. The fourth-order valence-corrected chi connectivity index (χ4v) is 2.23.